The maximum absolute atomic E-state index is 12.0. The Kier molecular flexibility index (Phi) is 11.2. The van der Waals surface area contributed by atoms with Crippen LogP contribution in [0.2, 0.25) is 0 Å². The summed E-state index contributed by atoms with van der Waals surface area (Å²) in [6, 6.07) is 1.53. The molecule has 0 aliphatic carbocycles. The van der Waals surface area contributed by atoms with Crippen molar-refractivity contribution in [3.05, 3.63) is 17.5 Å². The Bertz CT molecular complexity index is 610. The van der Waals surface area contributed by atoms with Gasteiger partial charge in [0.15, 0.2) is 5.96 Å². The van der Waals surface area contributed by atoms with Crippen molar-refractivity contribution in [3.8, 4) is 0 Å². The highest BCUT2D eigenvalue weighted by molar-refractivity contribution is 5.81. The van der Waals surface area contributed by atoms with Crippen molar-refractivity contribution < 1.29 is 4.79 Å². The highest BCUT2D eigenvalue weighted by Gasteiger charge is 2.12. The van der Waals surface area contributed by atoms with Crippen LogP contribution in [0.1, 0.15) is 30.7 Å². The Labute approximate surface area is 167 Å². The number of hydrogen-bond donors (Lipinski definition) is 5. The second kappa shape index (κ2) is 13.1. The fraction of sp³-hybridized carbons (Fsp3) is 0.722. The highest BCUT2D eigenvalue weighted by atomic mass is 16.2. The number of aryl methyl sites for hydroxylation is 2. The maximum atomic E-state index is 12.0. The van der Waals surface area contributed by atoms with Crippen LogP contribution < -0.4 is 28.3 Å². The molecule has 0 saturated carbocycles. The van der Waals surface area contributed by atoms with Crippen LogP contribution in [-0.4, -0.2) is 71.9 Å². The van der Waals surface area contributed by atoms with E-state index < -0.39 is 6.04 Å². The maximum Gasteiger partial charge on any atom is 0.236 e. The standard InChI is InChI=1S/C18H37N9O/c1-14-13-15(2)27(25-14)12-11-26(10-6-19)9-4-8-23-17(28)16(20)5-3-7-24-18(21)22/h13,16H,3-12,19-20H2,1-2H3,(H,23,28)(H4,21,22,24)/t16-/m0/s1. The molecule has 1 amide bonds. The third-order valence-electron chi connectivity index (χ3n) is 4.43. The van der Waals surface area contributed by atoms with Crippen LogP contribution in [0.3, 0.4) is 0 Å². The third kappa shape index (κ3) is 9.67. The first kappa shape index (κ1) is 23.9. The van der Waals surface area contributed by atoms with Gasteiger partial charge in [-0.1, -0.05) is 0 Å². The molecule has 0 unspecified atom stereocenters. The fourth-order valence-electron chi connectivity index (χ4n) is 2.95. The molecule has 0 aliphatic heterocycles. The molecule has 0 spiro atoms. The van der Waals surface area contributed by atoms with Crippen LogP contribution in [0, 0.1) is 13.8 Å². The number of rotatable bonds is 14. The molecule has 10 nitrogen and oxygen atoms in total. The number of carbonyl (C=O) groups excluding carboxylic acids is 1. The van der Waals surface area contributed by atoms with E-state index in [0.717, 1.165) is 44.0 Å². The van der Waals surface area contributed by atoms with Gasteiger partial charge in [-0.15, -0.1) is 0 Å². The number of hydrogen-bond acceptors (Lipinski definition) is 6. The lowest BCUT2D eigenvalue weighted by Crippen LogP contribution is -2.42. The molecule has 1 aromatic heterocycles. The number of amides is 1. The van der Waals surface area contributed by atoms with E-state index in [1.165, 1.54) is 0 Å². The Morgan fingerprint density at radius 1 is 1.29 bits per heavy atom. The molecule has 10 heteroatoms. The lowest BCUT2D eigenvalue weighted by Gasteiger charge is -2.22. The van der Waals surface area contributed by atoms with Crippen molar-refractivity contribution in [3.63, 3.8) is 0 Å². The van der Waals surface area contributed by atoms with E-state index in [-0.39, 0.29) is 11.9 Å². The van der Waals surface area contributed by atoms with Gasteiger partial charge >= 0.3 is 0 Å². The van der Waals surface area contributed by atoms with Crippen LogP contribution in [-0.2, 0) is 11.3 Å². The molecule has 1 atom stereocenters. The molecule has 28 heavy (non-hydrogen) atoms. The number of carbonyl (C=O) groups is 1. The third-order valence-corrected chi connectivity index (χ3v) is 4.43. The van der Waals surface area contributed by atoms with Gasteiger partial charge in [-0.3, -0.25) is 14.5 Å². The summed E-state index contributed by atoms with van der Waals surface area (Å²) in [4.78, 5) is 18.2. The summed E-state index contributed by atoms with van der Waals surface area (Å²) < 4.78 is 2.02. The van der Waals surface area contributed by atoms with Gasteiger partial charge in [-0.2, -0.15) is 5.10 Å². The first-order chi connectivity index (χ1) is 13.3. The van der Waals surface area contributed by atoms with Gasteiger partial charge in [-0.25, -0.2) is 0 Å². The van der Waals surface area contributed by atoms with Crippen LogP contribution in [0.25, 0.3) is 0 Å². The van der Waals surface area contributed by atoms with Crippen LogP contribution in [0.4, 0.5) is 0 Å². The van der Waals surface area contributed by atoms with E-state index >= 15 is 0 Å². The minimum absolute atomic E-state index is 0.0536. The molecule has 0 aliphatic rings. The normalized spacial score (nSPS) is 12.2. The highest BCUT2D eigenvalue weighted by Crippen LogP contribution is 2.02. The molecule has 0 aromatic carbocycles. The van der Waals surface area contributed by atoms with Crippen molar-refractivity contribution in [2.24, 2.45) is 27.9 Å². The summed E-state index contributed by atoms with van der Waals surface area (Å²) in [6.45, 7) is 9.09. The lowest BCUT2D eigenvalue weighted by atomic mass is 10.1. The molecule has 0 fully saturated rings. The van der Waals surface area contributed by atoms with E-state index in [9.17, 15) is 4.79 Å². The molecule has 0 radical (unpaired) electrons. The van der Waals surface area contributed by atoms with Crippen molar-refractivity contribution in [2.75, 3.05) is 39.3 Å². The van der Waals surface area contributed by atoms with Gasteiger partial charge < -0.3 is 33.2 Å². The molecule has 1 rings (SSSR count). The quantitative estimate of drug-likeness (QED) is 0.147. The van der Waals surface area contributed by atoms with Gasteiger partial charge in [-0.05, 0) is 45.7 Å². The molecule has 0 bridgehead atoms. The lowest BCUT2D eigenvalue weighted by molar-refractivity contribution is -0.122. The van der Waals surface area contributed by atoms with E-state index in [1.807, 2.05) is 11.6 Å². The number of guanidine groups is 1. The Morgan fingerprint density at radius 2 is 2.04 bits per heavy atom. The van der Waals surface area contributed by atoms with Gasteiger partial charge in [0.25, 0.3) is 0 Å². The molecular weight excluding hydrogens is 358 g/mol. The Morgan fingerprint density at radius 3 is 2.64 bits per heavy atom. The van der Waals surface area contributed by atoms with Gasteiger partial charge in [0, 0.05) is 38.4 Å². The second-order valence-corrected chi connectivity index (χ2v) is 6.98. The number of nitrogens with two attached hydrogens (primary N) is 4. The SMILES string of the molecule is Cc1cc(C)n(CCN(CCN)CCCNC(=O)[C@@H](N)CCCN=C(N)N)n1. The van der Waals surface area contributed by atoms with Gasteiger partial charge in [0.2, 0.25) is 5.91 Å². The number of aromatic nitrogens is 2. The topological polar surface area (TPSA) is 167 Å². The zero-order valence-electron chi connectivity index (χ0n) is 17.2. The average Bonchev–Trinajstić information content (AvgIpc) is 2.96. The van der Waals surface area contributed by atoms with Gasteiger partial charge in [0.05, 0.1) is 18.3 Å². The van der Waals surface area contributed by atoms with E-state index in [1.54, 1.807) is 0 Å². The molecule has 0 saturated heterocycles. The van der Waals surface area contributed by atoms with Crippen molar-refractivity contribution in [1.29, 1.82) is 0 Å². The predicted octanol–water partition coefficient (Wildman–Crippen LogP) is -1.35. The summed E-state index contributed by atoms with van der Waals surface area (Å²) in [5.41, 5.74) is 24.3. The van der Waals surface area contributed by atoms with Crippen LogP contribution in [0.5, 0.6) is 0 Å². The number of nitrogens with zero attached hydrogens (tertiary/aromatic N) is 4. The largest absolute Gasteiger partial charge is 0.370 e. The van der Waals surface area contributed by atoms with Crippen molar-refractivity contribution in [1.82, 2.24) is 20.0 Å². The summed E-state index contributed by atoms with van der Waals surface area (Å²) in [5, 5.41) is 7.38. The predicted molar refractivity (Wildman–Crippen MR) is 113 cm³/mol. The summed E-state index contributed by atoms with van der Waals surface area (Å²) >= 11 is 0. The number of aliphatic imine (C=N–C) groups is 1. The smallest absolute Gasteiger partial charge is 0.236 e. The monoisotopic (exact) mass is 395 g/mol. The van der Waals surface area contributed by atoms with Crippen LogP contribution in [0.15, 0.2) is 11.1 Å². The van der Waals surface area contributed by atoms with Crippen molar-refractivity contribution in [2.45, 2.75) is 45.7 Å². The van der Waals surface area contributed by atoms with E-state index in [4.69, 9.17) is 22.9 Å². The molecular formula is C18H37N9O. The molecule has 160 valence electrons. The molecule has 1 aromatic rings. The minimum Gasteiger partial charge on any atom is -0.370 e. The fourth-order valence-corrected chi connectivity index (χ4v) is 2.95. The molecule has 9 N–H and O–H groups in total. The summed E-state index contributed by atoms with van der Waals surface area (Å²) in [6.07, 6.45) is 2.05. The van der Waals surface area contributed by atoms with Crippen molar-refractivity contribution >= 4 is 11.9 Å². The molecule has 1 heterocycles. The summed E-state index contributed by atoms with van der Waals surface area (Å²) in [7, 11) is 0. The first-order valence-electron chi connectivity index (χ1n) is 9.85. The Balaban J connectivity index is 2.25. The first-order valence-corrected chi connectivity index (χ1v) is 9.85. The average molecular weight is 396 g/mol. The van der Waals surface area contributed by atoms with Gasteiger partial charge in [0.1, 0.15) is 0 Å². The Hall–Kier alpha value is -2.17. The van der Waals surface area contributed by atoms with Crippen LogP contribution >= 0.6 is 0 Å². The second-order valence-electron chi connectivity index (χ2n) is 6.98. The zero-order valence-corrected chi connectivity index (χ0v) is 17.2. The van der Waals surface area contributed by atoms with E-state index in [2.05, 4.69) is 33.3 Å². The minimum atomic E-state index is -0.541. The zero-order chi connectivity index (χ0) is 20.9. The van der Waals surface area contributed by atoms with E-state index in [0.29, 0.717) is 32.5 Å². The number of nitrogens with one attached hydrogen (secondary N) is 1. The summed E-state index contributed by atoms with van der Waals surface area (Å²) in [5.74, 6) is -0.0874.